The smallest absolute Gasteiger partial charge is 0.232 e. The first-order valence-corrected chi connectivity index (χ1v) is 14.6. The largest absolute Gasteiger partial charge is 0.381 e. The molecule has 0 saturated carbocycles. The molecule has 0 unspecified atom stereocenters. The summed E-state index contributed by atoms with van der Waals surface area (Å²) in [7, 11) is 0. The Labute approximate surface area is 238 Å². The Bertz CT molecular complexity index is 1240. The molecule has 2 saturated heterocycles. The van der Waals surface area contributed by atoms with Gasteiger partial charge in [0.15, 0.2) is 10.3 Å². The molecule has 1 aromatic carbocycles. The van der Waals surface area contributed by atoms with Crippen molar-refractivity contribution in [3.8, 4) is 0 Å². The first-order chi connectivity index (χ1) is 18.5. The molecule has 2 aliphatic heterocycles. The summed E-state index contributed by atoms with van der Waals surface area (Å²) in [4.78, 5) is 20.6. The summed E-state index contributed by atoms with van der Waals surface area (Å²) in [5, 5.41) is 9.30. The number of benzene rings is 1. The van der Waals surface area contributed by atoms with Crippen molar-refractivity contribution in [1.82, 2.24) is 25.3 Å². The minimum absolute atomic E-state index is 0.119. The molecule has 0 aliphatic carbocycles. The Hall–Kier alpha value is -2.53. The molecule has 0 bridgehead atoms. The van der Waals surface area contributed by atoms with Crippen LogP contribution in [0.25, 0.3) is 0 Å². The second-order valence-electron chi connectivity index (χ2n) is 9.77. The number of piperidine rings is 1. The van der Waals surface area contributed by atoms with Gasteiger partial charge in [-0.15, -0.1) is 0 Å². The highest BCUT2D eigenvalue weighted by Crippen LogP contribution is 2.35. The molecule has 200 valence electrons. The molecule has 0 spiro atoms. The number of nitrogens with one attached hydrogen (secondary N) is 2. The molecule has 1 atom stereocenters. The highest BCUT2D eigenvalue weighted by atomic mass is 35.5. The molecule has 0 radical (unpaired) electrons. The third kappa shape index (κ3) is 6.72. The number of thiocarbonyl (C=S) groups is 1. The van der Waals surface area contributed by atoms with Crippen LogP contribution in [0.15, 0.2) is 59.0 Å². The monoisotopic (exact) mass is 569 g/mol. The van der Waals surface area contributed by atoms with Crippen molar-refractivity contribution in [2.75, 3.05) is 36.5 Å². The van der Waals surface area contributed by atoms with Crippen molar-refractivity contribution in [2.24, 2.45) is 0 Å². The van der Waals surface area contributed by atoms with Crippen LogP contribution in [0, 0.1) is 0 Å². The SMILES string of the molecule is C[C@H]1CCCCN1c1cc(Sc2ncccn2)nc(NC(=S)NCC2(c3cccc(Cl)c3)CCOCC2)n1. The van der Waals surface area contributed by atoms with Crippen molar-refractivity contribution in [2.45, 2.75) is 60.7 Å². The second-order valence-corrected chi connectivity index (χ2v) is 11.6. The van der Waals surface area contributed by atoms with E-state index in [1.807, 2.05) is 24.3 Å². The molecular formula is C27H32ClN7OS2. The summed E-state index contributed by atoms with van der Waals surface area (Å²) in [5.74, 6) is 1.34. The maximum Gasteiger partial charge on any atom is 0.232 e. The fourth-order valence-corrected chi connectivity index (χ4v) is 6.15. The zero-order valence-corrected chi connectivity index (χ0v) is 23.8. The first-order valence-electron chi connectivity index (χ1n) is 13.0. The molecule has 11 heteroatoms. The Kier molecular flexibility index (Phi) is 8.93. The van der Waals surface area contributed by atoms with Crippen molar-refractivity contribution in [3.05, 3.63) is 59.4 Å². The molecule has 0 amide bonds. The maximum atomic E-state index is 6.34. The average molecular weight is 570 g/mol. The highest BCUT2D eigenvalue weighted by molar-refractivity contribution is 7.99. The van der Waals surface area contributed by atoms with Crippen molar-refractivity contribution in [3.63, 3.8) is 0 Å². The minimum Gasteiger partial charge on any atom is -0.381 e. The lowest BCUT2D eigenvalue weighted by molar-refractivity contribution is 0.0515. The summed E-state index contributed by atoms with van der Waals surface area (Å²) < 4.78 is 5.67. The van der Waals surface area contributed by atoms with E-state index in [0.29, 0.717) is 42.0 Å². The number of ether oxygens (including phenoxy) is 1. The molecular weight excluding hydrogens is 538 g/mol. The summed E-state index contributed by atoms with van der Waals surface area (Å²) in [6.07, 6.45) is 8.77. The van der Waals surface area contributed by atoms with Crippen LogP contribution in [-0.4, -0.2) is 57.4 Å². The molecule has 4 heterocycles. The summed E-state index contributed by atoms with van der Waals surface area (Å²) in [6.45, 7) is 5.28. The van der Waals surface area contributed by atoms with E-state index in [1.165, 1.54) is 23.7 Å². The maximum absolute atomic E-state index is 6.34. The van der Waals surface area contributed by atoms with E-state index in [4.69, 9.17) is 38.5 Å². The van der Waals surface area contributed by atoms with Crippen LogP contribution in [0.4, 0.5) is 11.8 Å². The summed E-state index contributed by atoms with van der Waals surface area (Å²) in [5.41, 5.74) is 1.08. The van der Waals surface area contributed by atoms with Crippen LogP contribution in [-0.2, 0) is 10.2 Å². The fraction of sp³-hybridized carbons (Fsp3) is 0.444. The van der Waals surface area contributed by atoms with Crippen LogP contribution in [0.3, 0.4) is 0 Å². The van der Waals surface area contributed by atoms with Crippen molar-refractivity contribution >= 4 is 52.5 Å². The predicted molar refractivity (Wildman–Crippen MR) is 156 cm³/mol. The van der Waals surface area contributed by atoms with Crippen LogP contribution >= 0.6 is 35.6 Å². The molecule has 2 aromatic heterocycles. The fourth-order valence-electron chi connectivity index (χ4n) is 5.08. The van der Waals surface area contributed by atoms with E-state index < -0.39 is 0 Å². The Morgan fingerprint density at radius 2 is 1.97 bits per heavy atom. The van der Waals surface area contributed by atoms with Crippen LogP contribution in [0.2, 0.25) is 5.02 Å². The summed E-state index contributed by atoms with van der Waals surface area (Å²) in [6, 6.07) is 12.3. The Morgan fingerprint density at radius 1 is 1.16 bits per heavy atom. The van der Waals surface area contributed by atoms with Gasteiger partial charge in [-0.25, -0.2) is 15.0 Å². The number of rotatable bonds is 7. The van der Waals surface area contributed by atoms with Gasteiger partial charge in [-0.3, -0.25) is 0 Å². The number of hydrogen-bond acceptors (Lipinski definition) is 8. The molecule has 3 aromatic rings. The molecule has 2 fully saturated rings. The van der Waals surface area contributed by atoms with Crippen LogP contribution < -0.4 is 15.5 Å². The van der Waals surface area contributed by atoms with Gasteiger partial charge in [-0.05, 0) is 86.8 Å². The van der Waals surface area contributed by atoms with E-state index in [-0.39, 0.29) is 5.41 Å². The van der Waals surface area contributed by atoms with Gasteiger partial charge in [0, 0.05) is 61.2 Å². The third-order valence-corrected chi connectivity index (χ3v) is 8.52. The number of halogens is 1. The van der Waals surface area contributed by atoms with Gasteiger partial charge in [0.25, 0.3) is 0 Å². The van der Waals surface area contributed by atoms with E-state index in [1.54, 1.807) is 18.5 Å². The lowest BCUT2D eigenvalue weighted by atomic mass is 9.74. The average Bonchev–Trinajstić information content (AvgIpc) is 2.93. The predicted octanol–water partition coefficient (Wildman–Crippen LogP) is 5.48. The van der Waals surface area contributed by atoms with Gasteiger partial charge in [0.2, 0.25) is 5.95 Å². The van der Waals surface area contributed by atoms with Gasteiger partial charge >= 0.3 is 0 Å². The molecule has 38 heavy (non-hydrogen) atoms. The quantitative estimate of drug-likeness (QED) is 0.216. The minimum atomic E-state index is -0.119. The van der Waals surface area contributed by atoms with Gasteiger partial charge < -0.3 is 20.3 Å². The zero-order chi connectivity index (χ0) is 26.4. The number of anilines is 2. The van der Waals surface area contributed by atoms with E-state index >= 15 is 0 Å². The Balaban J connectivity index is 1.34. The molecule has 2 N–H and O–H groups in total. The lowest BCUT2D eigenvalue weighted by Gasteiger charge is -2.38. The number of aromatic nitrogens is 4. The topological polar surface area (TPSA) is 88.1 Å². The molecule has 5 rings (SSSR count). The van der Waals surface area contributed by atoms with E-state index in [0.717, 1.165) is 48.1 Å². The number of hydrogen-bond donors (Lipinski definition) is 2. The first kappa shape index (κ1) is 27.1. The number of nitrogens with zero attached hydrogens (tertiary/aromatic N) is 5. The van der Waals surface area contributed by atoms with Gasteiger partial charge in [0.1, 0.15) is 10.8 Å². The van der Waals surface area contributed by atoms with Crippen molar-refractivity contribution < 1.29 is 4.74 Å². The van der Waals surface area contributed by atoms with Gasteiger partial charge in [0.05, 0.1) is 0 Å². The normalized spacial score (nSPS) is 19.1. The van der Waals surface area contributed by atoms with Crippen LogP contribution in [0.5, 0.6) is 0 Å². The third-order valence-electron chi connectivity index (χ3n) is 7.22. The summed E-state index contributed by atoms with van der Waals surface area (Å²) >= 11 is 13.5. The standard InChI is InChI=1S/C27H32ClN7OS2/c1-19-6-2-3-13-35(19)22-17-23(38-26-29-11-5-12-30-26)33-24(32-22)34-25(37)31-18-27(9-14-36-15-10-27)20-7-4-8-21(28)16-20/h4-5,7-8,11-12,16-17,19H,2-3,6,9-10,13-15,18H2,1H3,(H2,31,32,33,34,37)/t19-/m0/s1. The molecule has 2 aliphatic rings. The van der Waals surface area contributed by atoms with E-state index in [2.05, 4.69) is 38.5 Å². The van der Waals surface area contributed by atoms with Gasteiger partial charge in [-0.1, -0.05) is 23.7 Å². The van der Waals surface area contributed by atoms with Crippen LogP contribution in [0.1, 0.15) is 44.6 Å². The molecule has 8 nitrogen and oxygen atoms in total. The van der Waals surface area contributed by atoms with Gasteiger partial charge in [-0.2, -0.15) is 4.98 Å². The van der Waals surface area contributed by atoms with E-state index in [9.17, 15) is 0 Å². The Morgan fingerprint density at radius 3 is 2.74 bits per heavy atom. The highest BCUT2D eigenvalue weighted by Gasteiger charge is 2.35. The van der Waals surface area contributed by atoms with Crippen molar-refractivity contribution in [1.29, 1.82) is 0 Å². The second kappa shape index (κ2) is 12.5. The lowest BCUT2D eigenvalue weighted by Crippen LogP contribution is -2.45. The zero-order valence-electron chi connectivity index (χ0n) is 21.4.